The maximum absolute atomic E-state index is 10.7. The van der Waals surface area contributed by atoms with Crippen LogP contribution in [0.1, 0.15) is 18.4 Å². The van der Waals surface area contributed by atoms with E-state index in [2.05, 4.69) is 5.32 Å². The second-order valence-corrected chi connectivity index (χ2v) is 4.35. The summed E-state index contributed by atoms with van der Waals surface area (Å²) >= 11 is 0. The molecule has 0 aliphatic heterocycles. The zero-order valence-electron chi connectivity index (χ0n) is 11.7. The van der Waals surface area contributed by atoms with E-state index in [-0.39, 0.29) is 13.2 Å². The van der Waals surface area contributed by atoms with Gasteiger partial charge >= 0.3 is 0 Å². The number of amides is 1. The third-order valence-corrected chi connectivity index (χ3v) is 2.69. The minimum atomic E-state index is -0.526. The van der Waals surface area contributed by atoms with E-state index in [0.29, 0.717) is 18.0 Å². The van der Waals surface area contributed by atoms with E-state index in [0.717, 1.165) is 24.9 Å². The van der Waals surface area contributed by atoms with Gasteiger partial charge in [-0.2, -0.15) is 0 Å². The van der Waals surface area contributed by atoms with Gasteiger partial charge in [0, 0.05) is 13.2 Å². The molecular formula is C14H22N2O4. The molecule has 1 amide bonds. The summed E-state index contributed by atoms with van der Waals surface area (Å²) in [6, 6.07) is 5.51. The highest BCUT2D eigenvalue weighted by Crippen LogP contribution is 2.27. The molecule has 6 nitrogen and oxygen atoms in total. The molecule has 0 atom stereocenters. The van der Waals surface area contributed by atoms with Crippen LogP contribution in [0.4, 0.5) is 0 Å². The molecule has 0 saturated heterocycles. The van der Waals surface area contributed by atoms with Crippen LogP contribution in [0.15, 0.2) is 18.2 Å². The summed E-state index contributed by atoms with van der Waals surface area (Å²) < 4.78 is 10.5. The fraction of sp³-hybridized carbons (Fsp3) is 0.500. The number of rotatable bonds is 10. The largest absolute Gasteiger partial charge is 0.493 e. The Balaban J connectivity index is 2.51. The number of carbonyl (C=O) groups is 1. The number of nitrogens with two attached hydrogens (primary N) is 1. The van der Waals surface area contributed by atoms with Crippen LogP contribution in [0.3, 0.4) is 0 Å². The number of aliphatic hydroxyl groups excluding tert-OH is 1. The molecule has 6 heteroatoms. The van der Waals surface area contributed by atoms with Crippen molar-refractivity contribution >= 4 is 5.91 Å². The Labute approximate surface area is 118 Å². The molecule has 112 valence electrons. The van der Waals surface area contributed by atoms with Gasteiger partial charge < -0.3 is 25.6 Å². The topological polar surface area (TPSA) is 93.8 Å². The Morgan fingerprint density at radius 3 is 2.80 bits per heavy atom. The molecule has 4 N–H and O–H groups in total. The van der Waals surface area contributed by atoms with Gasteiger partial charge in [0.1, 0.15) is 0 Å². The Bertz CT molecular complexity index is 424. The van der Waals surface area contributed by atoms with Gasteiger partial charge in [-0.3, -0.25) is 4.79 Å². The lowest BCUT2D eigenvalue weighted by atomic mass is 10.2. The average Bonchev–Trinajstić information content (AvgIpc) is 2.45. The maximum Gasteiger partial charge on any atom is 0.255 e. The fourth-order valence-electron chi connectivity index (χ4n) is 1.68. The van der Waals surface area contributed by atoms with E-state index in [1.165, 1.54) is 0 Å². The van der Waals surface area contributed by atoms with Crippen LogP contribution < -0.4 is 20.5 Å². The summed E-state index contributed by atoms with van der Waals surface area (Å²) in [5.41, 5.74) is 6.09. The fourth-order valence-corrected chi connectivity index (χ4v) is 1.68. The molecule has 0 aliphatic rings. The molecule has 0 bridgehead atoms. The number of ether oxygens (including phenoxy) is 2. The molecule has 1 rings (SSSR count). The van der Waals surface area contributed by atoms with E-state index in [1.807, 2.05) is 12.1 Å². The Hall–Kier alpha value is -1.79. The first-order chi connectivity index (χ1) is 9.67. The van der Waals surface area contributed by atoms with E-state index in [9.17, 15) is 4.79 Å². The van der Waals surface area contributed by atoms with Crippen LogP contribution in [0.2, 0.25) is 0 Å². The summed E-state index contributed by atoms with van der Waals surface area (Å²) in [6.07, 6.45) is 1.74. The monoisotopic (exact) mass is 282 g/mol. The predicted molar refractivity (Wildman–Crippen MR) is 75.7 cm³/mol. The summed E-state index contributed by atoms with van der Waals surface area (Å²) in [6.45, 7) is 1.61. The lowest BCUT2D eigenvalue weighted by Crippen LogP contribution is -2.20. The van der Waals surface area contributed by atoms with Gasteiger partial charge in [-0.1, -0.05) is 6.07 Å². The van der Waals surface area contributed by atoms with Gasteiger partial charge in [0.25, 0.3) is 5.91 Å². The first-order valence-corrected chi connectivity index (χ1v) is 6.57. The predicted octanol–water partition coefficient (Wildman–Crippen LogP) is 0.421. The third-order valence-electron chi connectivity index (χ3n) is 2.69. The molecule has 0 aromatic heterocycles. The smallest absolute Gasteiger partial charge is 0.255 e. The van der Waals surface area contributed by atoms with E-state index < -0.39 is 5.91 Å². The standard InChI is InChI=1S/C14H22N2O4/c1-19-13-8-11(9-16-6-2-3-7-17)4-5-12(13)20-10-14(15)18/h4-5,8,16-17H,2-3,6-7,9-10H2,1H3,(H2,15,18). The Morgan fingerprint density at radius 2 is 2.15 bits per heavy atom. The van der Waals surface area contributed by atoms with Crippen LogP contribution in [0, 0.1) is 0 Å². The number of carbonyl (C=O) groups excluding carboxylic acids is 1. The van der Waals surface area contributed by atoms with Crippen molar-refractivity contribution in [3.05, 3.63) is 23.8 Å². The van der Waals surface area contributed by atoms with Crippen molar-refractivity contribution in [1.82, 2.24) is 5.32 Å². The van der Waals surface area contributed by atoms with Crippen molar-refractivity contribution in [3.8, 4) is 11.5 Å². The van der Waals surface area contributed by atoms with Crippen LogP contribution in [-0.4, -0.2) is 37.9 Å². The average molecular weight is 282 g/mol. The van der Waals surface area contributed by atoms with Crippen molar-refractivity contribution in [2.75, 3.05) is 26.9 Å². The summed E-state index contributed by atoms with van der Waals surface area (Å²) in [4.78, 5) is 10.7. The highest BCUT2D eigenvalue weighted by molar-refractivity contribution is 5.75. The van der Waals surface area contributed by atoms with Gasteiger partial charge in [-0.25, -0.2) is 0 Å². The van der Waals surface area contributed by atoms with E-state index in [1.54, 1.807) is 13.2 Å². The van der Waals surface area contributed by atoms with Gasteiger partial charge in [0.15, 0.2) is 18.1 Å². The number of methoxy groups -OCH3 is 1. The van der Waals surface area contributed by atoms with Crippen LogP contribution in [-0.2, 0) is 11.3 Å². The van der Waals surface area contributed by atoms with Crippen molar-refractivity contribution in [2.45, 2.75) is 19.4 Å². The molecular weight excluding hydrogens is 260 g/mol. The SMILES string of the molecule is COc1cc(CNCCCCO)ccc1OCC(N)=O. The molecule has 0 heterocycles. The molecule has 0 radical (unpaired) electrons. The zero-order valence-corrected chi connectivity index (χ0v) is 11.7. The lowest BCUT2D eigenvalue weighted by molar-refractivity contribution is -0.119. The number of aliphatic hydroxyl groups is 1. The Morgan fingerprint density at radius 1 is 1.35 bits per heavy atom. The zero-order chi connectivity index (χ0) is 14.8. The molecule has 0 unspecified atom stereocenters. The maximum atomic E-state index is 10.7. The number of hydrogen-bond acceptors (Lipinski definition) is 5. The number of unbranched alkanes of at least 4 members (excludes halogenated alkanes) is 1. The quantitative estimate of drug-likeness (QED) is 0.541. The van der Waals surface area contributed by atoms with E-state index >= 15 is 0 Å². The second kappa shape index (κ2) is 9.17. The van der Waals surface area contributed by atoms with Crippen molar-refractivity contribution < 1.29 is 19.4 Å². The Kier molecular flexibility index (Phi) is 7.46. The van der Waals surface area contributed by atoms with Gasteiger partial charge in [0.05, 0.1) is 7.11 Å². The minimum absolute atomic E-state index is 0.172. The first-order valence-electron chi connectivity index (χ1n) is 6.57. The van der Waals surface area contributed by atoms with Crippen LogP contribution in [0.25, 0.3) is 0 Å². The normalized spacial score (nSPS) is 10.3. The van der Waals surface area contributed by atoms with Crippen molar-refractivity contribution in [2.24, 2.45) is 5.73 Å². The van der Waals surface area contributed by atoms with Crippen LogP contribution in [0.5, 0.6) is 11.5 Å². The molecule has 0 aliphatic carbocycles. The summed E-state index contributed by atoms with van der Waals surface area (Å²) in [5, 5.41) is 12.0. The third kappa shape index (κ3) is 5.90. The minimum Gasteiger partial charge on any atom is -0.493 e. The number of primary amides is 1. The number of hydrogen-bond donors (Lipinski definition) is 3. The van der Waals surface area contributed by atoms with Gasteiger partial charge in [0.2, 0.25) is 0 Å². The summed E-state index contributed by atoms with van der Waals surface area (Å²) in [7, 11) is 1.55. The summed E-state index contributed by atoms with van der Waals surface area (Å²) in [5.74, 6) is 0.540. The van der Waals surface area contributed by atoms with Crippen molar-refractivity contribution in [1.29, 1.82) is 0 Å². The molecule has 20 heavy (non-hydrogen) atoms. The lowest BCUT2D eigenvalue weighted by Gasteiger charge is -2.11. The number of benzene rings is 1. The number of nitrogens with one attached hydrogen (secondary N) is 1. The molecule has 0 spiro atoms. The molecule has 1 aromatic rings. The van der Waals surface area contributed by atoms with Crippen molar-refractivity contribution in [3.63, 3.8) is 0 Å². The highest BCUT2D eigenvalue weighted by atomic mass is 16.5. The molecule has 0 fully saturated rings. The molecule has 1 aromatic carbocycles. The molecule has 0 saturated carbocycles. The van der Waals surface area contributed by atoms with Crippen LogP contribution >= 0.6 is 0 Å². The van der Waals surface area contributed by atoms with Gasteiger partial charge in [-0.05, 0) is 37.1 Å². The van der Waals surface area contributed by atoms with E-state index in [4.69, 9.17) is 20.3 Å². The van der Waals surface area contributed by atoms with Gasteiger partial charge in [-0.15, -0.1) is 0 Å². The second-order valence-electron chi connectivity index (χ2n) is 4.35. The highest BCUT2D eigenvalue weighted by Gasteiger charge is 2.07. The first kappa shape index (κ1) is 16.3.